The molecule has 0 aromatic carbocycles. The van der Waals surface area contributed by atoms with Crippen molar-refractivity contribution in [2.75, 3.05) is 0 Å². The standard InChI is InChI=1S/4CNO.Fe.Mn/c4*2-1-3;;/q4*-1;2*+2. The van der Waals surface area contributed by atoms with Crippen LogP contribution in [0.1, 0.15) is 0 Å². The van der Waals surface area contributed by atoms with Gasteiger partial charge in [0.15, 0.2) is 0 Å². The van der Waals surface area contributed by atoms with E-state index < -0.39 is 0 Å². The van der Waals surface area contributed by atoms with Crippen molar-refractivity contribution in [3.63, 3.8) is 0 Å². The second-order valence-electron chi connectivity index (χ2n) is 0.365. The van der Waals surface area contributed by atoms with E-state index in [0.29, 0.717) is 24.3 Å². The molecule has 0 aliphatic rings. The van der Waals surface area contributed by atoms with Crippen LogP contribution in [0.15, 0.2) is 0 Å². The molecule has 0 bridgehead atoms. The zero-order valence-electron chi connectivity index (χ0n) is 6.15. The molecule has 0 atom stereocenters. The molecular formula is C4FeMnN4O4. The molecule has 0 aliphatic heterocycles. The van der Waals surface area contributed by atoms with Crippen LogP contribution in [0.2, 0.25) is 0 Å². The average molecular weight is 279 g/mol. The minimum atomic E-state index is 0. The number of nitrogens with zero attached hydrogens (tertiary/aromatic N) is 4. The molecule has 0 unspecified atom stereocenters. The smallest absolute Gasteiger partial charge is 0.724 e. The first-order chi connectivity index (χ1) is 5.66. The summed E-state index contributed by atoms with van der Waals surface area (Å²) in [5.74, 6) is 0. The van der Waals surface area contributed by atoms with Crippen molar-refractivity contribution in [1.29, 1.82) is 0 Å². The number of isocyanates is 4. The van der Waals surface area contributed by atoms with Crippen LogP contribution in [-0.4, -0.2) is 24.3 Å². The molecule has 0 rings (SSSR count). The van der Waals surface area contributed by atoms with E-state index in [1.807, 2.05) is 0 Å². The maximum Gasteiger partial charge on any atom is 2.00 e. The normalized spacial score (nSPS) is 2.29. The van der Waals surface area contributed by atoms with Gasteiger partial charge in [-0.2, -0.15) is 0 Å². The summed E-state index contributed by atoms with van der Waals surface area (Å²) >= 11 is 0. The number of carbonyl (C=O) groups excluding carboxylic acids is 4. The maximum absolute atomic E-state index is 8.24. The van der Waals surface area contributed by atoms with Gasteiger partial charge in [0.05, 0.1) is 0 Å². The van der Waals surface area contributed by atoms with Crippen molar-refractivity contribution in [2.45, 2.75) is 0 Å². The van der Waals surface area contributed by atoms with Gasteiger partial charge in [-0.15, -0.1) is 0 Å². The number of hydrogen-bond donors (Lipinski definition) is 0. The minimum Gasteiger partial charge on any atom is -0.724 e. The summed E-state index contributed by atoms with van der Waals surface area (Å²) in [7, 11) is 0. The van der Waals surface area contributed by atoms with Crippen molar-refractivity contribution in [3.05, 3.63) is 21.6 Å². The minimum absolute atomic E-state index is 0. The van der Waals surface area contributed by atoms with Gasteiger partial charge in [-0.3, -0.25) is 19.2 Å². The summed E-state index contributed by atoms with van der Waals surface area (Å²) in [5, 5.41) is 27.1. The average Bonchev–Trinajstić information content (AvgIpc) is 1.92. The zero-order chi connectivity index (χ0) is 10.8. The molecule has 0 saturated heterocycles. The van der Waals surface area contributed by atoms with Crippen LogP contribution in [0.3, 0.4) is 0 Å². The van der Waals surface area contributed by atoms with Gasteiger partial charge >= 0.3 is 34.1 Å². The molecule has 0 aromatic heterocycles. The van der Waals surface area contributed by atoms with Crippen molar-refractivity contribution in [3.8, 4) is 0 Å². The van der Waals surface area contributed by atoms with E-state index in [1.165, 1.54) is 0 Å². The molecule has 10 heteroatoms. The Bertz CT molecular complexity index is 161. The van der Waals surface area contributed by atoms with Crippen molar-refractivity contribution < 1.29 is 53.3 Å². The van der Waals surface area contributed by atoms with E-state index in [9.17, 15) is 0 Å². The molecule has 0 heterocycles. The van der Waals surface area contributed by atoms with Gasteiger partial charge in [-0.25, -0.2) is 0 Å². The van der Waals surface area contributed by atoms with Crippen LogP contribution in [0.5, 0.6) is 0 Å². The van der Waals surface area contributed by atoms with E-state index in [2.05, 4.69) is 0 Å². The number of rotatable bonds is 0. The largest absolute Gasteiger partial charge is 2.00 e. The van der Waals surface area contributed by atoms with Crippen molar-refractivity contribution in [1.82, 2.24) is 0 Å². The van der Waals surface area contributed by atoms with Crippen LogP contribution in [0, 0.1) is 0 Å². The third kappa shape index (κ3) is 465. The Morgan fingerprint density at radius 3 is 0.571 bits per heavy atom. The van der Waals surface area contributed by atoms with Gasteiger partial charge in [0.25, 0.3) is 0 Å². The SMILES string of the molecule is [Fe+2].[Mn+2].[N-]=C=O.[N-]=C=O.[N-]=C=O.[N-]=C=O. The van der Waals surface area contributed by atoms with Gasteiger partial charge in [-0.05, 0) is 24.3 Å². The van der Waals surface area contributed by atoms with Crippen LogP contribution in [-0.2, 0) is 53.3 Å². The Morgan fingerprint density at radius 2 is 0.571 bits per heavy atom. The third-order valence-electron chi connectivity index (χ3n) is 0. The zero-order valence-corrected chi connectivity index (χ0v) is 8.44. The number of hydrogen-bond acceptors (Lipinski definition) is 4. The Balaban J connectivity index is -0.0000000145. The van der Waals surface area contributed by atoms with Crippen LogP contribution >= 0.6 is 0 Å². The quantitative estimate of drug-likeness (QED) is 0.334. The van der Waals surface area contributed by atoms with E-state index in [4.69, 9.17) is 40.8 Å². The molecular weight excluding hydrogens is 279 g/mol. The second-order valence-corrected chi connectivity index (χ2v) is 0.365. The summed E-state index contributed by atoms with van der Waals surface area (Å²) < 4.78 is 0. The van der Waals surface area contributed by atoms with Crippen LogP contribution in [0.4, 0.5) is 0 Å². The van der Waals surface area contributed by atoms with Crippen LogP contribution in [0.25, 0.3) is 21.6 Å². The Labute approximate surface area is 99.4 Å². The summed E-state index contributed by atoms with van der Waals surface area (Å²) in [5.41, 5.74) is 0. The van der Waals surface area contributed by atoms with E-state index in [1.54, 1.807) is 0 Å². The van der Waals surface area contributed by atoms with Gasteiger partial charge in [-0.1, -0.05) is 0 Å². The second kappa shape index (κ2) is 197. The topological polar surface area (TPSA) is 157 Å². The molecule has 75 valence electrons. The van der Waals surface area contributed by atoms with Gasteiger partial charge in [0.1, 0.15) is 0 Å². The first-order valence-corrected chi connectivity index (χ1v) is 1.71. The summed E-state index contributed by atoms with van der Waals surface area (Å²) in [6.45, 7) is 0. The van der Waals surface area contributed by atoms with E-state index in [-0.39, 0.29) is 34.1 Å². The molecule has 0 N–H and O–H groups in total. The van der Waals surface area contributed by atoms with Crippen molar-refractivity contribution >= 4 is 24.3 Å². The molecule has 1 radical (unpaired) electrons. The predicted octanol–water partition coefficient (Wildman–Crippen LogP) is -0.439. The van der Waals surface area contributed by atoms with E-state index in [0.717, 1.165) is 0 Å². The Kier molecular flexibility index (Phi) is 548. The molecule has 0 aromatic rings. The monoisotopic (exact) mass is 279 g/mol. The first-order valence-electron chi connectivity index (χ1n) is 1.71. The Morgan fingerprint density at radius 1 is 0.571 bits per heavy atom. The molecule has 0 spiro atoms. The summed E-state index contributed by atoms with van der Waals surface area (Å²) in [6.07, 6.45) is 2.00. The maximum atomic E-state index is 8.24. The summed E-state index contributed by atoms with van der Waals surface area (Å²) in [6, 6.07) is 0. The summed E-state index contributed by atoms with van der Waals surface area (Å²) in [4.78, 5) is 32.9. The fourth-order valence-corrected chi connectivity index (χ4v) is 0. The predicted molar refractivity (Wildman–Crippen MR) is 36.2 cm³/mol. The third-order valence-corrected chi connectivity index (χ3v) is 0. The van der Waals surface area contributed by atoms with Crippen LogP contribution < -0.4 is 0 Å². The Hall–Kier alpha value is -1.44. The van der Waals surface area contributed by atoms with Crippen molar-refractivity contribution in [2.24, 2.45) is 0 Å². The van der Waals surface area contributed by atoms with E-state index >= 15 is 0 Å². The first kappa shape index (κ1) is 39.0. The molecule has 0 aliphatic carbocycles. The molecule has 14 heavy (non-hydrogen) atoms. The fraction of sp³-hybridized carbons (Fsp3) is 0. The molecule has 0 fully saturated rings. The molecule has 8 nitrogen and oxygen atoms in total. The molecule has 0 saturated carbocycles. The molecule has 0 amide bonds. The van der Waals surface area contributed by atoms with Gasteiger partial charge in [0.2, 0.25) is 0 Å². The fourth-order valence-electron chi connectivity index (χ4n) is 0. The van der Waals surface area contributed by atoms with Gasteiger partial charge < -0.3 is 21.6 Å². The van der Waals surface area contributed by atoms with Gasteiger partial charge in [0, 0.05) is 0 Å².